The van der Waals surface area contributed by atoms with Crippen LogP contribution in [-0.2, 0) is 9.47 Å². The summed E-state index contributed by atoms with van der Waals surface area (Å²) in [6.07, 6.45) is 5.70. The third kappa shape index (κ3) is 8.32. The second-order valence-electron chi connectivity index (χ2n) is 20.3. The maximum absolute atomic E-state index is 17.9. The van der Waals surface area contributed by atoms with E-state index >= 15 is 8.78 Å². The lowest BCUT2D eigenvalue weighted by Gasteiger charge is -2.42. The fraction of sp³-hybridized carbons (Fsp3) is 0.560. The molecule has 4 aliphatic rings. The molecule has 6 heterocycles. The number of carbonyl (C=O) groups excluding carboxylic acids is 1. The van der Waals surface area contributed by atoms with Gasteiger partial charge in [0.05, 0.1) is 28.6 Å². The van der Waals surface area contributed by atoms with Gasteiger partial charge in [-0.25, -0.2) is 13.6 Å². The molecule has 64 heavy (non-hydrogen) atoms. The van der Waals surface area contributed by atoms with E-state index in [-0.39, 0.29) is 53.3 Å². The van der Waals surface area contributed by atoms with Crippen LogP contribution in [0.4, 0.5) is 19.4 Å². The molecule has 4 saturated heterocycles. The zero-order valence-corrected chi connectivity index (χ0v) is 40.2. The number of fused-ring (bicyclic) bond motifs is 5. The van der Waals surface area contributed by atoms with E-state index in [4.69, 9.17) is 33.9 Å². The highest BCUT2D eigenvalue weighted by Crippen LogP contribution is 2.45. The molecule has 11 nitrogen and oxygen atoms in total. The van der Waals surface area contributed by atoms with Crippen LogP contribution < -0.4 is 14.4 Å². The van der Waals surface area contributed by atoms with Gasteiger partial charge in [0.25, 0.3) is 0 Å². The average Bonchev–Trinajstić information content (AvgIpc) is 3.85. The zero-order valence-electron chi connectivity index (χ0n) is 39.2. The predicted molar refractivity (Wildman–Crippen MR) is 251 cm³/mol. The molecule has 3 unspecified atom stereocenters. The predicted octanol–water partition coefficient (Wildman–Crippen LogP) is 10.4. The van der Waals surface area contributed by atoms with Crippen molar-refractivity contribution < 1.29 is 32.5 Å². The Hall–Kier alpha value is -4.84. The summed E-state index contributed by atoms with van der Waals surface area (Å²) in [5.74, 6) is 3.03. The number of amides is 1. The number of hydrogen-bond acceptors (Lipinski definition) is 10. The number of hydrogen-bond donors (Lipinski definition) is 0. The molecule has 0 aliphatic carbocycles. The first-order valence-electron chi connectivity index (χ1n) is 22.9. The molecular weight excluding hydrogens is 831 g/mol. The molecular formula is C50H64F2N6O5Si. The van der Waals surface area contributed by atoms with Crippen molar-refractivity contribution in [1.29, 1.82) is 0 Å². The van der Waals surface area contributed by atoms with Crippen molar-refractivity contribution in [2.24, 2.45) is 0 Å². The molecule has 2 aromatic heterocycles. The van der Waals surface area contributed by atoms with E-state index in [1.165, 1.54) is 18.7 Å². The minimum absolute atomic E-state index is 0.0229. The fourth-order valence-corrected chi connectivity index (χ4v) is 16.6. The first-order chi connectivity index (χ1) is 30.4. The fourth-order valence-electron chi connectivity index (χ4n) is 11.4. The monoisotopic (exact) mass is 894 g/mol. The molecule has 4 fully saturated rings. The van der Waals surface area contributed by atoms with Gasteiger partial charge in [-0.05, 0) is 99.6 Å². The van der Waals surface area contributed by atoms with E-state index in [9.17, 15) is 4.79 Å². The average molecular weight is 895 g/mol. The summed E-state index contributed by atoms with van der Waals surface area (Å²) in [5.41, 5.74) is 5.44. The van der Waals surface area contributed by atoms with Crippen molar-refractivity contribution in [3.05, 3.63) is 59.8 Å². The number of nitrogens with zero attached hydrogens (tertiary/aromatic N) is 6. The topological polar surface area (TPSA) is 102 Å². The smallest absolute Gasteiger partial charge is 0.410 e. The summed E-state index contributed by atoms with van der Waals surface area (Å²) in [6.45, 7) is 26.2. The van der Waals surface area contributed by atoms with Gasteiger partial charge in [-0.3, -0.25) is 14.8 Å². The lowest BCUT2D eigenvalue weighted by Crippen LogP contribution is -2.57. The van der Waals surface area contributed by atoms with Crippen LogP contribution in [0.2, 0.25) is 16.6 Å². The van der Waals surface area contributed by atoms with Crippen LogP contribution in [0, 0.1) is 23.1 Å². The van der Waals surface area contributed by atoms with Crippen molar-refractivity contribution in [2.45, 2.75) is 134 Å². The van der Waals surface area contributed by atoms with Gasteiger partial charge in [0.2, 0.25) is 0 Å². The molecule has 8 rings (SSSR count). The Morgan fingerprint density at radius 2 is 1.72 bits per heavy atom. The number of ether oxygens (including phenoxy) is 4. The highest BCUT2D eigenvalue weighted by atomic mass is 28.3. The third-order valence-electron chi connectivity index (χ3n) is 14.1. The molecule has 2 bridgehead atoms. The van der Waals surface area contributed by atoms with Gasteiger partial charge in [0.15, 0.2) is 12.6 Å². The second-order valence-corrected chi connectivity index (χ2v) is 25.9. The second kappa shape index (κ2) is 17.5. The van der Waals surface area contributed by atoms with Crippen molar-refractivity contribution >= 4 is 41.7 Å². The number of methoxy groups -OCH3 is 1. The van der Waals surface area contributed by atoms with Gasteiger partial charge in [-0.15, -0.1) is 5.54 Å². The number of benzene rings is 2. The number of pyridine rings is 1. The number of aromatic nitrogens is 3. The zero-order chi connectivity index (χ0) is 45.9. The Balaban J connectivity index is 1.29. The van der Waals surface area contributed by atoms with Crippen LogP contribution >= 0.6 is 0 Å². The molecule has 14 heteroatoms. The van der Waals surface area contributed by atoms with Gasteiger partial charge in [0, 0.05) is 43.9 Å². The number of piperazine rings is 1. The van der Waals surface area contributed by atoms with Gasteiger partial charge >= 0.3 is 12.1 Å². The Kier molecular flexibility index (Phi) is 12.5. The lowest BCUT2D eigenvalue weighted by molar-refractivity contribution is 0.0122. The number of anilines is 1. The molecule has 0 radical (unpaired) electrons. The molecule has 2 aromatic carbocycles. The van der Waals surface area contributed by atoms with Crippen LogP contribution in [0.1, 0.15) is 100.0 Å². The summed E-state index contributed by atoms with van der Waals surface area (Å²) >= 11 is 0. The lowest BCUT2D eigenvalue weighted by atomic mass is 9.94. The maximum Gasteiger partial charge on any atom is 0.410 e. The molecule has 342 valence electrons. The minimum Gasteiger partial charge on any atom is -0.468 e. The standard InChI is InChI=1S/C50H64F2N6O5Si/c1-30(2)64(31(3)4,32(5)6)20-17-38-41(51)16-13-34-21-37(62-29-60-11)22-39(42(34)38)44-43(52)45-40(24-53-44)46(55-47(54-45)61-28-50-18-12-19-57(50)25-33(7)23-50)56-26-35-14-15-36(27-56)58(35)48(59)63-49(8,9)10/h13,16,21-22,24,30-32,35-36H,7,12,14-15,18-19,23,25-29H2,1-6,8-11H3. The number of halogens is 2. The van der Waals surface area contributed by atoms with Crippen LogP contribution in [0.25, 0.3) is 32.9 Å². The Labute approximate surface area is 377 Å². The summed E-state index contributed by atoms with van der Waals surface area (Å²) in [6, 6.07) is 6.33. The minimum atomic E-state index is -2.31. The Bertz CT molecular complexity index is 2500. The van der Waals surface area contributed by atoms with E-state index in [0.717, 1.165) is 45.2 Å². The highest BCUT2D eigenvalue weighted by molar-refractivity contribution is 6.90. The normalized spacial score (nSPS) is 21.4. The van der Waals surface area contributed by atoms with E-state index in [1.807, 2.05) is 25.7 Å². The summed E-state index contributed by atoms with van der Waals surface area (Å²) < 4.78 is 57.9. The Morgan fingerprint density at radius 1 is 1.02 bits per heavy atom. The van der Waals surface area contributed by atoms with Crippen molar-refractivity contribution in [3.8, 4) is 34.5 Å². The van der Waals surface area contributed by atoms with Gasteiger partial charge in [-0.2, -0.15) is 9.97 Å². The Morgan fingerprint density at radius 3 is 2.38 bits per heavy atom. The first-order valence-corrected chi connectivity index (χ1v) is 25.2. The van der Waals surface area contributed by atoms with Crippen LogP contribution in [-0.4, -0.2) is 109 Å². The molecule has 4 aliphatic heterocycles. The molecule has 0 N–H and O–H groups in total. The van der Waals surface area contributed by atoms with Crippen LogP contribution in [0.15, 0.2) is 42.6 Å². The summed E-state index contributed by atoms with van der Waals surface area (Å²) in [7, 11) is -0.786. The van der Waals surface area contributed by atoms with Gasteiger partial charge in [-0.1, -0.05) is 65.7 Å². The molecule has 0 spiro atoms. The number of rotatable bonds is 11. The SMILES string of the molecule is C=C1CN2CCCC2(COc2nc(N3CC4CCC(C3)N4C(=O)OC(C)(C)C)c3cnc(-c4cc(OCOC)cc5ccc(F)c(C#C[Si](C(C)C)(C(C)C)C(C)C)c45)c(F)c3n2)C1. The van der Waals surface area contributed by atoms with Crippen molar-refractivity contribution in [3.63, 3.8) is 0 Å². The van der Waals surface area contributed by atoms with Gasteiger partial charge < -0.3 is 23.8 Å². The molecule has 1 amide bonds. The summed E-state index contributed by atoms with van der Waals surface area (Å²) in [5, 5.41) is 1.45. The van der Waals surface area contributed by atoms with Crippen LogP contribution in [0.5, 0.6) is 11.8 Å². The van der Waals surface area contributed by atoms with E-state index in [1.54, 1.807) is 24.4 Å². The largest absolute Gasteiger partial charge is 0.468 e. The van der Waals surface area contributed by atoms with E-state index < -0.39 is 25.3 Å². The molecule has 0 saturated carbocycles. The molecule has 3 atom stereocenters. The number of carbonyl (C=O) groups is 1. The van der Waals surface area contributed by atoms with Crippen molar-refractivity contribution in [2.75, 3.05) is 51.6 Å². The first kappa shape index (κ1) is 45.7. The highest BCUT2D eigenvalue weighted by Gasteiger charge is 2.48. The molecule has 4 aromatic rings. The van der Waals surface area contributed by atoms with E-state index in [2.05, 4.69) is 69.4 Å². The summed E-state index contributed by atoms with van der Waals surface area (Å²) in [4.78, 5) is 34.5. The van der Waals surface area contributed by atoms with Gasteiger partial charge in [0.1, 0.15) is 48.9 Å². The van der Waals surface area contributed by atoms with Crippen molar-refractivity contribution in [1.82, 2.24) is 24.8 Å². The maximum atomic E-state index is 17.9. The van der Waals surface area contributed by atoms with Crippen LogP contribution in [0.3, 0.4) is 0 Å². The third-order valence-corrected chi connectivity index (χ3v) is 20.4. The van der Waals surface area contributed by atoms with E-state index in [0.29, 0.717) is 69.6 Å². The quantitative estimate of drug-likeness (QED) is 0.0626.